The van der Waals surface area contributed by atoms with Crippen LogP contribution in [0.25, 0.3) is 5.57 Å². The van der Waals surface area contributed by atoms with Crippen LogP contribution in [0.15, 0.2) is 40.5 Å². The SMILES string of the molecule is C\C=C(C)/C(=C\C=C(/C)c1c(Cl)c(O)c(Cl)c(Cl)c1Cl)C(/C)=C(/C#N)C(=O)CC. The molecular formula is C22H21Cl4NO2. The molecule has 0 radical (unpaired) electrons. The summed E-state index contributed by atoms with van der Waals surface area (Å²) in [6.45, 7) is 8.94. The van der Waals surface area contributed by atoms with Crippen molar-refractivity contribution < 1.29 is 9.90 Å². The third kappa shape index (κ3) is 5.47. The number of hydrogen-bond donors (Lipinski definition) is 1. The van der Waals surface area contributed by atoms with E-state index < -0.39 is 0 Å². The Morgan fingerprint density at radius 2 is 1.62 bits per heavy atom. The summed E-state index contributed by atoms with van der Waals surface area (Å²) in [5, 5.41) is 19.5. The molecule has 0 spiro atoms. The molecule has 1 aromatic carbocycles. The van der Waals surface area contributed by atoms with E-state index in [2.05, 4.69) is 0 Å². The zero-order valence-electron chi connectivity index (χ0n) is 16.8. The van der Waals surface area contributed by atoms with Crippen LogP contribution in [0.5, 0.6) is 5.75 Å². The molecule has 0 bridgehead atoms. The van der Waals surface area contributed by atoms with Crippen molar-refractivity contribution in [3.8, 4) is 11.8 Å². The molecule has 1 rings (SSSR count). The van der Waals surface area contributed by atoms with Crippen molar-refractivity contribution in [2.24, 2.45) is 0 Å². The summed E-state index contributed by atoms with van der Waals surface area (Å²) in [6.07, 6.45) is 5.63. The van der Waals surface area contributed by atoms with Crippen molar-refractivity contribution >= 4 is 57.8 Å². The monoisotopic (exact) mass is 471 g/mol. The molecule has 0 unspecified atom stereocenters. The number of hydrogen-bond acceptors (Lipinski definition) is 3. The first-order valence-corrected chi connectivity index (χ1v) is 10.3. The van der Waals surface area contributed by atoms with Crippen LogP contribution in [0.1, 0.15) is 46.6 Å². The average Bonchev–Trinajstić information content (AvgIpc) is 2.70. The van der Waals surface area contributed by atoms with Crippen LogP contribution in [0.3, 0.4) is 0 Å². The standard InChI is InChI=1S/C22H21Cl4NO2/c1-6-11(3)14(13(5)15(10-27)16(28)7-2)9-8-12(4)17-18(23)20(25)21(26)22(29)19(17)24/h6,8-9,29H,7H2,1-5H3/b11-6-,12-8+,14-9+,15-13-. The van der Waals surface area contributed by atoms with Crippen molar-refractivity contribution in [2.45, 2.75) is 41.0 Å². The molecule has 0 saturated carbocycles. The number of Topliss-reactive ketones (excluding diaryl/α,β-unsaturated/α-hetero) is 1. The van der Waals surface area contributed by atoms with Gasteiger partial charge in [-0.25, -0.2) is 0 Å². The number of aromatic hydroxyl groups is 1. The third-order valence-electron chi connectivity index (χ3n) is 4.48. The van der Waals surface area contributed by atoms with Crippen LogP contribution in [-0.2, 0) is 4.79 Å². The lowest BCUT2D eigenvalue weighted by Crippen LogP contribution is -2.04. The number of ketones is 1. The normalized spacial score (nSPS) is 13.9. The van der Waals surface area contributed by atoms with Crippen molar-refractivity contribution in [3.05, 3.63) is 66.2 Å². The molecule has 0 amide bonds. The Morgan fingerprint density at radius 3 is 2.10 bits per heavy atom. The summed E-state index contributed by atoms with van der Waals surface area (Å²) in [4.78, 5) is 12.1. The van der Waals surface area contributed by atoms with Crippen molar-refractivity contribution in [1.82, 2.24) is 0 Å². The van der Waals surface area contributed by atoms with E-state index in [1.807, 2.05) is 26.0 Å². The zero-order chi connectivity index (χ0) is 22.5. The van der Waals surface area contributed by atoms with Crippen LogP contribution in [-0.4, -0.2) is 10.9 Å². The van der Waals surface area contributed by atoms with Crippen LogP contribution in [0, 0.1) is 11.3 Å². The fraction of sp³-hybridized carbons (Fsp3) is 0.273. The molecule has 0 atom stereocenters. The number of nitrogens with zero attached hydrogens (tertiary/aromatic N) is 1. The van der Waals surface area contributed by atoms with Gasteiger partial charge in [-0.15, -0.1) is 0 Å². The summed E-state index contributed by atoms with van der Waals surface area (Å²) < 4.78 is 0. The van der Waals surface area contributed by atoms with Gasteiger partial charge in [0.1, 0.15) is 11.1 Å². The minimum atomic E-state index is -0.351. The number of carbonyl (C=O) groups is 1. The molecule has 154 valence electrons. The van der Waals surface area contributed by atoms with Crippen LogP contribution in [0.4, 0.5) is 0 Å². The van der Waals surface area contributed by atoms with E-state index >= 15 is 0 Å². The summed E-state index contributed by atoms with van der Waals surface area (Å²) in [6, 6.07) is 2.00. The average molecular weight is 473 g/mol. The fourth-order valence-corrected chi connectivity index (χ4v) is 3.83. The van der Waals surface area contributed by atoms with E-state index in [4.69, 9.17) is 46.4 Å². The first-order valence-electron chi connectivity index (χ1n) is 8.74. The number of benzene rings is 1. The Balaban J connectivity index is 3.72. The highest BCUT2D eigenvalue weighted by molar-refractivity contribution is 6.51. The summed E-state index contributed by atoms with van der Waals surface area (Å²) >= 11 is 24.5. The first kappa shape index (κ1) is 25.3. The number of rotatable bonds is 6. The quantitative estimate of drug-likeness (QED) is 0.149. The molecule has 29 heavy (non-hydrogen) atoms. The maximum atomic E-state index is 12.1. The van der Waals surface area contributed by atoms with Gasteiger partial charge in [0.25, 0.3) is 0 Å². The maximum Gasteiger partial charge on any atom is 0.173 e. The second-order valence-electron chi connectivity index (χ2n) is 6.27. The molecule has 0 saturated heterocycles. The molecule has 7 heteroatoms. The Bertz CT molecular complexity index is 980. The molecule has 0 fully saturated rings. The van der Waals surface area contributed by atoms with Gasteiger partial charge < -0.3 is 5.11 Å². The third-order valence-corrected chi connectivity index (χ3v) is 6.17. The second-order valence-corrected chi connectivity index (χ2v) is 7.78. The molecular weight excluding hydrogens is 452 g/mol. The van der Waals surface area contributed by atoms with Gasteiger partial charge in [-0.05, 0) is 50.0 Å². The summed E-state index contributed by atoms with van der Waals surface area (Å²) in [7, 11) is 0. The van der Waals surface area contributed by atoms with Crippen LogP contribution in [0.2, 0.25) is 20.1 Å². The van der Waals surface area contributed by atoms with Crippen LogP contribution < -0.4 is 0 Å². The highest BCUT2D eigenvalue weighted by atomic mass is 35.5. The lowest BCUT2D eigenvalue weighted by Gasteiger charge is -2.13. The minimum Gasteiger partial charge on any atom is -0.505 e. The van der Waals surface area contributed by atoms with Gasteiger partial charge in [-0.1, -0.05) is 71.6 Å². The lowest BCUT2D eigenvalue weighted by atomic mass is 9.92. The summed E-state index contributed by atoms with van der Waals surface area (Å²) in [5.41, 5.74) is 3.27. The smallest absolute Gasteiger partial charge is 0.173 e. The van der Waals surface area contributed by atoms with E-state index in [0.29, 0.717) is 16.7 Å². The van der Waals surface area contributed by atoms with Gasteiger partial charge in [0.15, 0.2) is 11.5 Å². The first-order chi connectivity index (χ1) is 13.5. The van der Waals surface area contributed by atoms with Gasteiger partial charge >= 0.3 is 0 Å². The Labute approximate surface area is 191 Å². The number of nitriles is 1. The number of halogens is 4. The second kappa shape index (κ2) is 10.9. The largest absolute Gasteiger partial charge is 0.505 e. The molecule has 0 aliphatic rings. The molecule has 0 heterocycles. The van der Waals surface area contributed by atoms with E-state index in [1.54, 1.807) is 32.9 Å². The van der Waals surface area contributed by atoms with E-state index in [0.717, 1.165) is 11.1 Å². The van der Waals surface area contributed by atoms with Gasteiger partial charge in [-0.2, -0.15) is 5.26 Å². The predicted octanol–water partition coefficient (Wildman–Crippen LogP) is 8.12. The van der Waals surface area contributed by atoms with E-state index in [-0.39, 0.29) is 43.6 Å². The highest BCUT2D eigenvalue weighted by Crippen LogP contribution is 2.47. The van der Waals surface area contributed by atoms with Gasteiger partial charge in [-0.3, -0.25) is 4.79 Å². The number of phenolic OH excluding ortho intramolecular Hbond substituents is 1. The minimum absolute atomic E-state index is 0.00297. The maximum absolute atomic E-state index is 12.1. The fourth-order valence-electron chi connectivity index (χ4n) is 2.63. The van der Waals surface area contributed by atoms with Gasteiger partial charge in [0.2, 0.25) is 0 Å². The van der Waals surface area contributed by atoms with Crippen LogP contribution >= 0.6 is 46.4 Å². The molecule has 3 nitrogen and oxygen atoms in total. The predicted molar refractivity (Wildman–Crippen MR) is 123 cm³/mol. The number of carbonyl (C=O) groups excluding carboxylic acids is 1. The number of phenols is 1. The summed E-state index contributed by atoms with van der Waals surface area (Å²) in [5.74, 6) is -0.572. The zero-order valence-corrected chi connectivity index (χ0v) is 19.8. The van der Waals surface area contributed by atoms with E-state index in [9.17, 15) is 15.2 Å². The Kier molecular flexibility index (Phi) is 9.52. The Hall–Kier alpha value is -1.70. The van der Waals surface area contributed by atoms with Gasteiger partial charge in [0, 0.05) is 12.0 Å². The van der Waals surface area contributed by atoms with Crippen molar-refractivity contribution in [3.63, 3.8) is 0 Å². The highest BCUT2D eigenvalue weighted by Gasteiger charge is 2.21. The number of allylic oxidation sites excluding steroid dienone is 8. The van der Waals surface area contributed by atoms with Gasteiger partial charge in [0.05, 0.1) is 20.6 Å². The molecule has 1 N–H and O–H groups in total. The molecule has 1 aromatic rings. The van der Waals surface area contributed by atoms with Crippen molar-refractivity contribution in [2.75, 3.05) is 0 Å². The molecule has 0 aliphatic heterocycles. The molecule has 0 aliphatic carbocycles. The van der Waals surface area contributed by atoms with Crippen molar-refractivity contribution in [1.29, 1.82) is 5.26 Å². The lowest BCUT2D eigenvalue weighted by molar-refractivity contribution is -0.114. The Morgan fingerprint density at radius 1 is 1.03 bits per heavy atom. The topological polar surface area (TPSA) is 61.1 Å². The van der Waals surface area contributed by atoms with E-state index in [1.165, 1.54) is 0 Å². The molecule has 0 aromatic heterocycles.